The van der Waals surface area contributed by atoms with E-state index >= 15 is 0 Å². The largest absolute Gasteiger partial charge is 0.462 e. The van der Waals surface area contributed by atoms with Crippen molar-refractivity contribution in [1.29, 1.82) is 0 Å². The Morgan fingerprint density at radius 3 is 0.954 bits per heavy atom. The van der Waals surface area contributed by atoms with Crippen LogP contribution in [0, 0.1) is 0 Å². The van der Waals surface area contributed by atoms with Gasteiger partial charge in [0.05, 0.1) is 0 Å². The molecule has 0 radical (unpaired) electrons. The second kappa shape index (κ2) is 53.7. The lowest BCUT2D eigenvalue weighted by molar-refractivity contribution is -0.167. The van der Waals surface area contributed by atoms with Crippen LogP contribution < -0.4 is 0 Å². The zero-order valence-electron chi connectivity index (χ0n) is 43.0. The van der Waals surface area contributed by atoms with Gasteiger partial charge in [-0.15, -0.1) is 0 Å². The molecule has 0 heterocycles. The first kappa shape index (κ1) is 62.1. The van der Waals surface area contributed by atoms with Crippen molar-refractivity contribution in [2.75, 3.05) is 13.2 Å². The average molecular weight is 909 g/mol. The van der Waals surface area contributed by atoms with E-state index in [9.17, 15) is 14.4 Å². The van der Waals surface area contributed by atoms with Crippen molar-refractivity contribution in [2.45, 2.75) is 284 Å². The zero-order valence-corrected chi connectivity index (χ0v) is 43.0. The molecule has 0 aliphatic heterocycles. The summed E-state index contributed by atoms with van der Waals surface area (Å²) in [6.45, 7) is 6.57. The fraction of sp³-hybridized carbons (Fsp3) is 0.780. The van der Waals surface area contributed by atoms with Crippen molar-refractivity contribution in [1.82, 2.24) is 0 Å². The summed E-state index contributed by atoms with van der Waals surface area (Å²) in [6.07, 6.45) is 66.3. The molecule has 1 atom stereocenters. The van der Waals surface area contributed by atoms with Crippen LogP contribution in [0.3, 0.4) is 0 Å². The Bertz CT molecular complexity index is 1180. The predicted molar refractivity (Wildman–Crippen MR) is 279 cm³/mol. The van der Waals surface area contributed by atoms with Gasteiger partial charge in [-0.3, -0.25) is 14.4 Å². The Kier molecular flexibility index (Phi) is 51.3. The third-order valence-electron chi connectivity index (χ3n) is 12.0. The van der Waals surface area contributed by atoms with Gasteiger partial charge in [-0.2, -0.15) is 0 Å². The molecule has 6 nitrogen and oxygen atoms in total. The van der Waals surface area contributed by atoms with Crippen LogP contribution in [0.1, 0.15) is 278 Å². The van der Waals surface area contributed by atoms with Crippen LogP contribution in [0.2, 0.25) is 0 Å². The Balaban J connectivity index is 4.43. The highest BCUT2D eigenvalue weighted by atomic mass is 16.6. The standard InChI is InChI=1S/C59H104O6/c1-4-7-10-13-16-19-22-25-28-29-32-34-37-40-43-46-49-52-58(61)64-55-56(65-59(62)53-50-47-44-41-38-35-31-27-24-21-18-15-12-9-6-3)54-63-57(60)51-48-45-42-39-36-33-30-26-23-20-17-14-11-8-5-2/h18,20-21,23,25,27-28,31,38,41,56H,4-17,19,22,24,26,29-30,32-37,39-40,42-55H2,1-3H3/b21-18-,23-20-,28-25-,31-27-,41-38-/t56-/m0/s1. The van der Waals surface area contributed by atoms with Gasteiger partial charge < -0.3 is 14.2 Å². The molecule has 0 aromatic heterocycles. The lowest BCUT2D eigenvalue weighted by atomic mass is 10.1. The molecule has 0 amide bonds. The van der Waals surface area contributed by atoms with E-state index in [0.717, 1.165) is 64.2 Å². The summed E-state index contributed by atoms with van der Waals surface area (Å²) in [6, 6.07) is 0. The zero-order chi connectivity index (χ0) is 47.2. The van der Waals surface area contributed by atoms with E-state index in [1.807, 2.05) is 0 Å². The highest BCUT2D eigenvalue weighted by Gasteiger charge is 2.19. The molecule has 0 aromatic rings. The van der Waals surface area contributed by atoms with Gasteiger partial charge in [0, 0.05) is 19.3 Å². The summed E-state index contributed by atoms with van der Waals surface area (Å²) in [5, 5.41) is 0. The van der Waals surface area contributed by atoms with Gasteiger partial charge in [-0.25, -0.2) is 0 Å². The highest BCUT2D eigenvalue weighted by Crippen LogP contribution is 2.14. The monoisotopic (exact) mass is 909 g/mol. The van der Waals surface area contributed by atoms with Gasteiger partial charge in [0.25, 0.3) is 0 Å². The van der Waals surface area contributed by atoms with E-state index in [2.05, 4.69) is 81.5 Å². The summed E-state index contributed by atoms with van der Waals surface area (Å²) >= 11 is 0. The summed E-state index contributed by atoms with van der Waals surface area (Å²) in [5.74, 6) is -0.932. The highest BCUT2D eigenvalue weighted by molar-refractivity contribution is 5.71. The molecule has 0 aliphatic rings. The number of allylic oxidation sites excluding steroid dienone is 10. The normalized spacial score (nSPS) is 12.5. The Hall–Kier alpha value is -2.89. The lowest BCUT2D eigenvalue weighted by Gasteiger charge is -2.18. The molecule has 0 fully saturated rings. The van der Waals surface area contributed by atoms with Gasteiger partial charge in [-0.05, 0) is 109 Å². The SMILES string of the molecule is CCCCC/C=C\C/C=C\C/C=C\CCCCC(=O)O[C@@H](COC(=O)CCCCCCCCC/C=C\CCCCCC)COC(=O)CCCCCCCCC/C=C\CCCCCCCC. The van der Waals surface area contributed by atoms with E-state index in [1.54, 1.807) is 0 Å². The van der Waals surface area contributed by atoms with Crippen LogP contribution in [0.4, 0.5) is 0 Å². The van der Waals surface area contributed by atoms with Crippen LogP contribution in [-0.4, -0.2) is 37.2 Å². The number of unbranched alkanes of at least 4 members (excludes halogenated alkanes) is 29. The first-order valence-electron chi connectivity index (χ1n) is 27.8. The third-order valence-corrected chi connectivity index (χ3v) is 12.0. The molecular weight excluding hydrogens is 805 g/mol. The first-order chi connectivity index (χ1) is 32.0. The summed E-state index contributed by atoms with van der Waals surface area (Å²) in [5.41, 5.74) is 0. The quantitative estimate of drug-likeness (QED) is 0.0262. The number of esters is 3. The first-order valence-corrected chi connectivity index (χ1v) is 27.8. The maximum absolute atomic E-state index is 12.8. The van der Waals surface area contributed by atoms with Gasteiger partial charge in [0.15, 0.2) is 6.10 Å². The molecule has 376 valence electrons. The topological polar surface area (TPSA) is 78.9 Å². The molecule has 0 N–H and O–H groups in total. The van der Waals surface area contributed by atoms with E-state index in [1.165, 1.54) is 167 Å². The molecule has 0 unspecified atom stereocenters. The van der Waals surface area contributed by atoms with Gasteiger partial charge >= 0.3 is 17.9 Å². The fourth-order valence-corrected chi connectivity index (χ4v) is 7.73. The summed E-state index contributed by atoms with van der Waals surface area (Å²) in [4.78, 5) is 38.1. The maximum Gasteiger partial charge on any atom is 0.306 e. The van der Waals surface area contributed by atoms with Crippen molar-refractivity contribution in [3.8, 4) is 0 Å². The van der Waals surface area contributed by atoms with Crippen molar-refractivity contribution in [2.24, 2.45) is 0 Å². The second-order valence-electron chi connectivity index (χ2n) is 18.5. The molecule has 0 rings (SSSR count). The molecule has 0 saturated carbocycles. The van der Waals surface area contributed by atoms with Crippen molar-refractivity contribution in [3.63, 3.8) is 0 Å². The summed E-state index contributed by atoms with van der Waals surface area (Å²) < 4.78 is 16.8. The molecule has 0 spiro atoms. The number of carbonyl (C=O) groups excluding carboxylic acids is 3. The Morgan fingerprint density at radius 2 is 0.554 bits per heavy atom. The molecule has 0 aliphatic carbocycles. The number of ether oxygens (including phenoxy) is 3. The van der Waals surface area contributed by atoms with E-state index < -0.39 is 6.10 Å². The minimum atomic E-state index is -0.797. The second-order valence-corrected chi connectivity index (χ2v) is 18.5. The van der Waals surface area contributed by atoms with Crippen molar-refractivity contribution < 1.29 is 28.6 Å². The number of hydrogen-bond acceptors (Lipinski definition) is 6. The number of rotatable bonds is 50. The van der Waals surface area contributed by atoms with E-state index in [4.69, 9.17) is 14.2 Å². The van der Waals surface area contributed by atoms with Crippen molar-refractivity contribution >= 4 is 17.9 Å². The Labute approximate surface area is 402 Å². The van der Waals surface area contributed by atoms with Crippen LogP contribution in [-0.2, 0) is 28.6 Å². The molecular formula is C59H104O6. The molecule has 0 aromatic carbocycles. The van der Waals surface area contributed by atoms with Crippen LogP contribution >= 0.6 is 0 Å². The van der Waals surface area contributed by atoms with Crippen LogP contribution in [0.15, 0.2) is 60.8 Å². The molecule has 0 bridgehead atoms. The lowest BCUT2D eigenvalue weighted by Crippen LogP contribution is -2.30. The van der Waals surface area contributed by atoms with Crippen LogP contribution in [0.5, 0.6) is 0 Å². The number of hydrogen-bond donors (Lipinski definition) is 0. The minimum Gasteiger partial charge on any atom is -0.462 e. The van der Waals surface area contributed by atoms with Crippen LogP contribution in [0.25, 0.3) is 0 Å². The molecule has 6 heteroatoms. The predicted octanol–water partition coefficient (Wildman–Crippen LogP) is 18.4. The van der Waals surface area contributed by atoms with Crippen molar-refractivity contribution in [3.05, 3.63) is 60.8 Å². The smallest absolute Gasteiger partial charge is 0.306 e. The molecule has 0 saturated heterocycles. The minimum absolute atomic E-state index is 0.0923. The van der Waals surface area contributed by atoms with Gasteiger partial charge in [0.2, 0.25) is 0 Å². The summed E-state index contributed by atoms with van der Waals surface area (Å²) in [7, 11) is 0. The molecule has 65 heavy (non-hydrogen) atoms. The average Bonchev–Trinajstić information content (AvgIpc) is 3.30. The van der Waals surface area contributed by atoms with E-state index in [-0.39, 0.29) is 37.5 Å². The fourth-order valence-electron chi connectivity index (χ4n) is 7.73. The van der Waals surface area contributed by atoms with E-state index in [0.29, 0.717) is 19.3 Å². The Morgan fingerprint density at radius 1 is 0.308 bits per heavy atom. The number of carbonyl (C=O) groups is 3. The maximum atomic E-state index is 12.8. The third kappa shape index (κ3) is 51.9. The van der Waals surface area contributed by atoms with Gasteiger partial charge in [-0.1, -0.05) is 210 Å². The van der Waals surface area contributed by atoms with Gasteiger partial charge in [0.1, 0.15) is 13.2 Å².